The van der Waals surface area contributed by atoms with Crippen LogP contribution in [-0.2, 0) is 17.6 Å². The van der Waals surface area contributed by atoms with E-state index in [9.17, 15) is 9.59 Å². The third kappa shape index (κ3) is 4.87. The number of amides is 1. The van der Waals surface area contributed by atoms with E-state index >= 15 is 0 Å². The molecule has 1 aromatic heterocycles. The molecule has 168 valence electrons. The number of thiophene rings is 1. The minimum atomic E-state index is -0.378. The number of ether oxygens (including phenoxy) is 3. The van der Waals surface area contributed by atoms with Gasteiger partial charge in [-0.1, -0.05) is 20.8 Å². The molecule has 0 aliphatic heterocycles. The quantitative estimate of drug-likeness (QED) is 0.607. The smallest absolute Gasteiger partial charge is 0.341 e. The molecule has 1 amide bonds. The molecule has 2 aromatic rings. The molecule has 1 atom stereocenters. The average Bonchev–Trinajstić information content (AvgIpc) is 3.09. The lowest BCUT2D eigenvalue weighted by Gasteiger charge is -2.33. The number of methoxy groups -OCH3 is 2. The van der Waals surface area contributed by atoms with Gasteiger partial charge in [-0.25, -0.2) is 4.79 Å². The highest BCUT2D eigenvalue weighted by molar-refractivity contribution is 7.17. The van der Waals surface area contributed by atoms with Crippen LogP contribution >= 0.6 is 11.3 Å². The van der Waals surface area contributed by atoms with E-state index in [1.807, 2.05) is 0 Å². The van der Waals surface area contributed by atoms with Crippen LogP contribution in [0.15, 0.2) is 18.2 Å². The van der Waals surface area contributed by atoms with Crippen molar-refractivity contribution < 1.29 is 23.8 Å². The maximum absolute atomic E-state index is 13.0. The van der Waals surface area contributed by atoms with Crippen LogP contribution in [0.4, 0.5) is 5.00 Å². The van der Waals surface area contributed by atoms with E-state index in [2.05, 4.69) is 26.1 Å². The monoisotopic (exact) mass is 445 g/mol. The highest BCUT2D eigenvalue weighted by atomic mass is 32.1. The normalized spacial score (nSPS) is 15.7. The van der Waals surface area contributed by atoms with Gasteiger partial charge in [-0.2, -0.15) is 0 Å². The Morgan fingerprint density at radius 1 is 1.16 bits per heavy atom. The first-order chi connectivity index (χ1) is 14.7. The van der Waals surface area contributed by atoms with Gasteiger partial charge in [0.05, 0.1) is 26.4 Å². The van der Waals surface area contributed by atoms with E-state index in [1.54, 1.807) is 32.2 Å². The fraction of sp³-hybridized carbons (Fsp3) is 0.500. The van der Waals surface area contributed by atoms with Crippen molar-refractivity contribution >= 4 is 28.2 Å². The molecular weight excluding hydrogens is 414 g/mol. The molecule has 1 N–H and O–H groups in total. The highest BCUT2D eigenvalue weighted by Crippen LogP contribution is 2.44. The summed E-state index contributed by atoms with van der Waals surface area (Å²) in [4.78, 5) is 26.9. The fourth-order valence-corrected chi connectivity index (χ4v) is 5.30. The second-order valence-corrected chi connectivity index (χ2v) is 9.86. The Labute approximate surface area is 187 Å². The maximum Gasteiger partial charge on any atom is 0.341 e. The summed E-state index contributed by atoms with van der Waals surface area (Å²) in [5.41, 5.74) is 2.13. The number of rotatable bonds is 6. The Morgan fingerprint density at radius 2 is 1.87 bits per heavy atom. The number of fused-ring (bicyclic) bond motifs is 1. The van der Waals surface area contributed by atoms with Gasteiger partial charge in [0.15, 0.2) is 11.5 Å². The SMILES string of the molecule is CCOC(=O)c1c(NC(=O)c2ccc(OC)c(OC)c2)sc2c1CC[C@@H](C(C)(C)C)C2. The number of esters is 1. The first-order valence-corrected chi connectivity index (χ1v) is 11.4. The summed E-state index contributed by atoms with van der Waals surface area (Å²) in [6.07, 6.45) is 2.74. The number of nitrogens with one attached hydrogen (secondary N) is 1. The molecule has 0 spiro atoms. The first-order valence-electron chi connectivity index (χ1n) is 10.5. The Balaban J connectivity index is 1.94. The number of anilines is 1. The molecule has 6 nitrogen and oxygen atoms in total. The van der Waals surface area contributed by atoms with Crippen LogP contribution in [0.1, 0.15) is 65.3 Å². The number of benzene rings is 1. The topological polar surface area (TPSA) is 73.9 Å². The summed E-state index contributed by atoms with van der Waals surface area (Å²) < 4.78 is 15.9. The zero-order valence-corrected chi connectivity index (χ0v) is 19.9. The molecule has 1 aliphatic carbocycles. The van der Waals surface area contributed by atoms with Gasteiger partial charge in [-0.05, 0) is 61.3 Å². The number of hydrogen-bond acceptors (Lipinski definition) is 6. The van der Waals surface area contributed by atoms with Crippen LogP contribution in [0.2, 0.25) is 0 Å². The van der Waals surface area contributed by atoms with Crippen LogP contribution in [0.25, 0.3) is 0 Å². The van der Waals surface area contributed by atoms with Crippen molar-refractivity contribution in [2.75, 3.05) is 26.1 Å². The molecular formula is C24H31NO5S. The third-order valence-electron chi connectivity index (χ3n) is 5.84. The summed E-state index contributed by atoms with van der Waals surface area (Å²) in [6.45, 7) is 8.83. The summed E-state index contributed by atoms with van der Waals surface area (Å²) in [7, 11) is 3.07. The van der Waals surface area contributed by atoms with E-state index in [0.717, 1.165) is 29.7 Å². The van der Waals surface area contributed by atoms with Crippen LogP contribution in [0, 0.1) is 11.3 Å². The van der Waals surface area contributed by atoms with Crippen molar-refractivity contribution in [3.05, 3.63) is 39.8 Å². The third-order valence-corrected chi connectivity index (χ3v) is 7.01. The summed E-state index contributed by atoms with van der Waals surface area (Å²) >= 11 is 1.49. The van der Waals surface area contributed by atoms with Gasteiger partial charge >= 0.3 is 5.97 Å². The zero-order valence-electron chi connectivity index (χ0n) is 19.1. The molecule has 31 heavy (non-hydrogen) atoms. The fourth-order valence-electron chi connectivity index (χ4n) is 3.99. The predicted octanol–water partition coefficient (Wildman–Crippen LogP) is 5.35. The molecule has 1 heterocycles. The molecule has 0 radical (unpaired) electrons. The molecule has 0 saturated carbocycles. The minimum absolute atomic E-state index is 0.189. The second-order valence-electron chi connectivity index (χ2n) is 8.76. The van der Waals surface area contributed by atoms with Gasteiger partial charge in [0, 0.05) is 10.4 Å². The lowest BCUT2D eigenvalue weighted by atomic mass is 9.72. The summed E-state index contributed by atoms with van der Waals surface area (Å²) in [5.74, 6) is 0.864. The Bertz CT molecular complexity index is 973. The molecule has 0 bridgehead atoms. The largest absolute Gasteiger partial charge is 0.493 e. The Morgan fingerprint density at radius 3 is 2.48 bits per heavy atom. The van der Waals surface area contributed by atoms with E-state index in [1.165, 1.54) is 18.4 Å². The average molecular weight is 446 g/mol. The van der Waals surface area contributed by atoms with Gasteiger partial charge in [0.1, 0.15) is 5.00 Å². The molecule has 0 saturated heterocycles. The molecule has 1 aromatic carbocycles. The number of hydrogen-bond donors (Lipinski definition) is 1. The van der Waals surface area contributed by atoms with Crippen molar-refractivity contribution in [3.63, 3.8) is 0 Å². The van der Waals surface area contributed by atoms with E-state index in [0.29, 0.717) is 33.5 Å². The van der Waals surface area contributed by atoms with Crippen LogP contribution in [-0.4, -0.2) is 32.7 Å². The Kier molecular flexibility index (Phi) is 6.94. The standard InChI is InChI=1S/C24H31NO5S/c1-7-30-23(27)20-16-10-9-15(24(2,3)4)13-19(16)31-22(20)25-21(26)14-8-11-17(28-5)18(12-14)29-6/h8,11-12,15H,7,9-10,13H2,1-6H3,(H,25,26)/t15-/m1/s1. The molecule has 0 unspecified atom stereocenters. The summed E-state index contributed by atoms with van der Waals surface area (Å²) in [6, 6.07) is 4.98. The lowest BCUT2D eigenvalue weighted by molar-refractivity contribution is 0.0526. The van der Waals surface area contributed by atoms with Gasteiger partial charge in [0.2, 0.25) is 0 Å². The minimum Gasteiger partial charge on any atom is -0.493 e. The van der Waals surface area contributed by atoms with Gasteiger partial charge in [-0.3, -0.25) is 4.79 Å². The second kappa shape index (κ2) is 9.30. The highest BCUT2D eigenvalue weighted by Gasteiger charge is 2.34. The zero-order chi connectivity index (χ0) is 22.8. The molecule has 1 aliphatic rings. The van der Waals surface area contributed by atoms with Crippen molar-refractivity contribution in [1.29, 1.82) is 0 Å². The van der Waals surface area contributed by atoms with E-state index in [4.69, 9.17) is 14.2 Å². The molecule has 3 rings (SSSR count). The number of carbonyl (C=O) groups excluding carboxylic acids is 2. The predicted molar refractivity (Wildman–Crippen MR) is 123 cm³/mol. The van der Waals surface area contributed by atoms with Gasteiger partial charge < -0.3 is 19.5 Å². The van der Waals surface area contributed by atoms with Crippen molar-refractivity contribution in [3.8, 4) is 11.5 Å². The Hall–Kier alpha value is -2.54. The van der Waals surface area contributed by atoms with E-state index in [-0.39, 0.29) is 23.9 Å². The maximum atomic E-state index is 13.0. The van der Waals surface area contributed by atoms with Crippen molar-refractivity contribution in [1.82, 2.24) is 0 Å². The van der Waals surface area contributed by atoms with Crippen LogP contribution < -0.4 is 14.8 Å². The van der Waals surface area contributed by atoms with E-state index < -0.39 is 0 Å². The summed E-state index contributed by atoms with van der Waals surface area (Å²) in [5, 5.41) is 3.50. The van der Waals surface area contributed by atoms with Crippen molar-refractivity contribution in [2.24, 2.45) is 11.3 Å². The van der Waals surface area contributed by atoms with Gasteiger partial charge in [-0.15, -0.1) is 11.3 Å². The molecule has 7 heteroatoms. The van der Waals surface area contributed by atoms with Crippen molar-refractivity contribution in [2.45, 2.75) is 47.0 Å². The lowest BCUT2D eigenvalue weighted by Crippen LogP contribution is -2.26. The van der Waals surface area contributed by atoms with Crippen LogP contribution in [0.3, 0.4) is 0 Å². The number of carbonyl (C=O) groups is 2. The van der Waals surface area contributed by atoms with Gasteiger partial charge in [0.25, 0.3) is 5.91 Å². The van der Waals surface area contributed by atoms with Crippen LogP contribution in [0.5, 0.6) is 11.5 Å². The molecule has 0 fully saturated rings. The first kappa shape index (κ1) is 23.1.